The number of aryl methyl sites for hydroxylation is 1. The lowest BCUT2D eigenvalue weighted by molar-refractivity contribution is 0.190. The number of hydrogen-bond acceptors (Lipinski definition) is 7. The van der Waals surface area contributed by atoms with Gasteiger partial charge in [-0.1, -0.05) is 11.6 Å². The molecule has 0 aliphatic carbocycles. The van der Waals surface area contributed by atoms with Gasteiger partial charge >= 0.3 is 6.09 Å². The summed E-state index contributed by atoms with van der Waals surface area (Å²) in [6.45, 7) is 1.99. The maximum Gasteiger partial charge on any atom is 0.411 e. The van der Waals surface area contributed by atoms with E-state index in [0.717, 1.165) is 15.8 Å². The summed E-state index contributed by atoms with van der Waals surface area (Å²) in [6, 6.07) is 11.7. The van der Waals surface area contributed by atoms with Crippen molar-refractivity contribution in [1.82, 2.24) is 15.0 Å². The molecule has 0 radical (unpaired) electrons. The number of carbonyl (C=O) groups is 1. The first-order valence-electron chi connectivity index (χ1n) is 11.7. The van der Waals surface area contributed by atoms with Gasteiger partial charge in [-0.05, 0) is 48.9 Å². The number of hydrogen-bond donors (Lipinski definition) is 1. The lowest BCUT2D eigenvalue weighted by Crippen LogP contribution is -2.38. The number of methoxy groups -OCH3 is 1. The average Bonchev–Trinajstić information content (AvgIpc) is 3.51. The topological polar surface area (TPSA) is 97.7 Å². The van der Waals surface area contributed by atoms with Gasteiger partial charge < -0.3 is 14.6 Å². The van der Waals surface area contributed by atoms with Crippen molar-refractivity contribution in [1.29, 1.82) is 0 Å². The second-order valence-corrected chi connectivity index (χ2v) is 10.4. The third-order valence-electron chi connectivity index (χ3n) is 6.36. The summed E-state index contributed by atoms with van der Waals surface area (Å²) in [7, 11) is 1.54. The van der Waals surface area contributed by atoms with Gasteiger partial charge in [0.15, 0.2) is 11.6 Å². The third kappa shape index (κ3) is 4.25. The summed E-state index contributed by atoms with van der Waals surface area (Å²) in [5, 5.41) is 11.0. The van der Waals surface area contributed by atoms with Crippen molar-refractivity contribution in [3.63, 3.8) is 0 Å². The number of nitrogens with zero attached hydrogens (tertiary/aromatic N) is 4. The van der Waals surface area contributed by atoms with E-state index in [-0.39, 0.29) is 12.3 Å². The van der Waals surface area contributed by atoms with E-state index >= 15 is 4.39 Å². The Morgan fingerprint density at radius 3 is 2.76 bits per heavy atom. The summed E-state index contributed by atoms with van der Waals surface area (Å²) in [5.74, 6) is 0.0204. The van der Waals surface area contributed by atoms with Crippen molar-refractivity contribution in [3.8, 4) is 22.2 Å². The minimum atomic E-state index is -1.14. The van der Waals surface area contributed by atoms with Gasteiger partial charge in [0.2, 0.25) is 5.88 Å². The molecule has 0 bridgehead atoms. The highest BCUT2D eigenvalue weighted by atomic mass is 35.5. The number of fused-ring (bicyclic) bond motifs is 4. The van der Waals surface area contributed by atoms with E-state index in [4.69, 9.17) is 26.1 Å². The molecule has 6 rings (SSSR count). The number of carboxylic acid groups (broad SMARTS) is 1. The molecule has 1 aliphatic heterocycles. The van der Waals surface area contributed by atoms with E-state index in [1.54, 1.807) is 30.5 Å². The molecule has 3 heterocycles. The molecule has 3 aromatic carbocycles. The van der Waals surface area contributed by atoms with Crippen LogP contribution in [0.5, 0.6) is 11.6 Å². The number of aromatic nitrogens is 3. The van der Waals surface area contributed by atoms with Crippen LogP contribution in [0.1, 0.15) is 11.1 Å². The number of benzene rings is 3. The van der Waals surface area contributed by atoms with Gasteiger partial charge in [0.1, 0.15) is 11.1 Å². The molecule has 11 heteroatoms. The first kappa shape index (κ1) is 24.3. The van der Waals surface area contributed by atoms with E-state index in [0.29, 0.717) is 50.1 Å². The molecule has 0 saturated carbocycles. The van der Waals surface area contributed by atoms with Crippen LogP contribution >= 0.6 is 22.9 Å². The molecule has 8 nitrogen and oxygen atoms in total. The van der Waals surface area contributed by atoms with E-state index in [1.807, 2.05) is 19.1 Å². The second-order valence-electron chi connectivity index (χ2n) is 8.94. The highest BCUT2D eigenvalue weighted by molar-refractivity contribution is 7.22. The molecule has 1 amide bonds. The summed E-state index contributed by atoms with van der Waals surface area (Å²) in [6.07, 6.45) is 0.190. The summed E-state index contributed by atoms with van der Waals surface area (Å²) >= 11 is 7.37. The van der Waals surface area contributed by atoms with Gasteiger partial charge in [-0.25, -0.2) is 24.1 Å². The zero-order chi connectivity index (χ0) is 26.6. The van der Waals surface area contributed by atoms with E-state index < -0.39 is 18.0 Å². The van der Waals surface area contributed by atoms with Crippen molar-refractivity contribution >= 4 is 56.0 Å². The Morgan fingerprint density at radius 2 is 2.03 bits per heavy atom. The predicted molar refractivity (Wildman–Crippen MR) is 144 cm³/mol. The molecule has 0 unspecified atom stereocenters. The molecule has 0 saturated heterocycles. The largest absolute Gasteiger partial charge is 0.485 e. The van der Waals surface area contributed by atoms with Crippen LogP contribution in [-0.4, -0.2) is 45.9 Å². The lowest BCUT2D eigenvalue weighted by atomic mass is 10.1. The molecule has 38 heavy (non-hydrogen) atoms. The molecular formula is C27H20ClFN4O4S. The Morgan fingerprint density at radius 1 is 1.24 bits per heavy atom. The molecule has 5 aromatic rings. The van der Waals surface area contributed by atoms with E-state index in [9.17, 15) is 9.90 Å². The number of ether oxygens (including phenoxy) is 2. The average molecular weight is 551 g/mol. The minimum absolute atomic E-state index is 0.0260. The summed E-state index contributed by atoms with van der Waals surface area (Å²) in [5.41, 5.74) is 4.76. The van der Waals surface area contributed by atoms with Gasteiger partial charge in [-0.2, -0.15) is 0 Å². The summed E-state index contributed by atoms with van der Waals surface area (Å²) in [4.78, 5) is 26.9. The van der Waals surface area contributed by atoms with Crippen molar-refractivity contribution in [2.75, 3.05) is 18.6 Å². The van der Waals surface area contributed by atoms with Crippen LogP contribution in [-0.2, 0) is 6.42 Å². The fourth-order valence-electron chi connectivity index (χ4n) is 4.67. The van der Waals surface area contributed by atoms with E-state index in [2.05, 4.69) is 9.97 Å². The van der Waals surface area contributed by atoms with Crippen LogP contribution < -0.4 is 14.4 Å². The smallest absolute Gasteiger partial charge is 0.411 e. The number of anilines is 1. The Balaban J connectivity index is 1.37. The van der Waals surface area contributed by atoms with Crippen molar-refractivity contribution < 1.29 is 23.8 Å². The quantitative estimate of drug-likeness (QED) is 0.266. The molecular weight excluding hydrogens is 531 g/mol. The number of rotatable bonds is 5. The highest BCUT2D eigenvalue weighted by Crippen LogP contribution is 2.43. The molecule has 192 valence electrons. The maximum atomic E-state index is 15.1. The van der Waals surface area contributed by atoms with Crippen molar-refractivity contribution in [3.05, 3.63) is 70.6 Å². The molecule has 0 fully saturated rings. The normalized spacial score (nSPS) is 14.5. The molecule has 1 N–H and O–H groups in total. The van der Waals surface area contributed by atoms with Gasteiger partial charge in [-0.15, -0.1) is 11.3 Å². The number of amides is 1. The minimum Gasteiger partial charge on any atom is -0.485 e. The Bertz CT molecular complexity index is 1730. The SMILES string of the molecule is COc1cnc2c(-c3nc4cc(F)c5c(c4s3)C[C@@H](CN(C(=O)O)c3ccc(Cl)cc3)O5)cc(C)cc2n1. The first-order valence-corrected chi connectivity index (χ1v) is 12.9. The number of thiazole rings is 1. The van der Waals surface area contributed by atoms with Gasteiger partial charge in [0, 0.05) is 34.3 Å². The molecule has 1 aliphatic rings. The van der Waals surface area contributed by atoms with Gasteiger partial charge in [0.25, 0.3) is 0 Å². The molecule has 1 atom stereocenters. The molecule has 0 spiro atoms. The van der Waals surface area contributed by atoms with Crippen LogP contribution in [0.25, 0.3) is 31.8 Å². The van der Waals surface area contributed by atoms with Gasteiger partial charge in [0.05, 0.1) is 41.1 Å². The number of halogens is 2. The van der Waals surface area contributed by atoms with Crippen LogP contribution in [0.15, 0.2) is 48.7 Å². The van der Waals surface area contributed by atoms with E-state index in [1.165, 1.54) is 29.4 Å². The van der Waals surface area contributed by atoms with Crippen LogP contribution in [0.2, 0.25) is 5.02 Å². The maximum absolute atomic E-state index is 15.1. The monoisotopic (exact) mass is 550 g/mol. The fourth-order valence-corrected chi connectivity index (χ4v) is 5.91. The third-order valence-corrected chi connectivity index (χ3v) is 7.78. The van der Waals surface area contributed by atoms with Crippen LogP contribution in [0, 0.1) is 12.7 Å². The standard InChI is InChI=1S/C27H20ClFN4O4S/c1-13-7-17(23-20(8-13)31-22(36-2)11-30-23)26-32-21-10-19(29)24-18(25(21)38-26)9-16(37-24)12-33(27(34)35)15-5-3-14(28)4-6-15/h3-8,10-11,16H,9,12H2,1-2H3,(H,34,35)/t16-/m0/s1. The van der Waals surface area contributed by atoms with Gasteiger partial charge in [-0.3, -0.25) is 4.90 Å². The molecule has 2 aromatic heterocycles. The zero-order valence-corrected chi connectivity index (χ0v) is 21.8. The highest BCUT2D eigenvalue weighted by Gasteiger charge is 2.32. The predicted octanol–water partition coefficient (Wildman–Crippen LogP) is 6.50. The Hall–Kier alpha value is -4.02. The second kappa shape index (κ2) is 9.38. The Kier molecular flexibility index (Phi) is 6.00. The van der Waals surface area contributed by atoms with Crippen LogP contribution in [0.4, 0.5) is 14.9 Å². The Labute approximate surface area is 225 Å². The summed E-state index contributed by atoms with van der Waals surface area (Å²) < 4.78 is 27.1. The first-order chi connectivity index (χ1) is 18.3. The van der Waals surface area contributed by atoms with Crippen molar-refractivity contribution in [2.24, 2.45) is 0 Å². The lowest BCUT2D eigenvalue weighted by Gasteiger charge is -2.22. The fraction of sp³-hybridized carbons (Fsp3) is 0.185. The van der Waals surface area contributed by atoms with Crippen LogP contribution in [0.3, 0.4) is 0 Å². The zero-order valence-electron chi connectivity index (χ0n) is 20.2. The van der Waals surface area contributed by atoms with Crippen molar-refractivity contribution in [2.45, 2.75) is 19.4 Å².